The number of aryl methyl sites for hydroxylation is 1. The summed E-state index contributed by atoms with van der Waals surface area (Å²) in [7, 11) is 0. The van der Waals surface area contributed by atoms with E-state index in [9.17, 15) is 4.79 Å². The number of carbonyl (C=O) groups is 1. The molecule has 1 aromatic rings. The van der Waals surface area contributed by atoms with E-state index in [-0.39, 0.29) is 11.9 Å². The van der Waals surface area contributed by atoms with Crippen LogP contribution in [0.4, 0.5) is 0 Å². The third-order valence-corrected chi connectivity index (χ3v) is 4.07. The fourth-order valence-electron chi connectivity index (χ4n) is 2.85. The van der Waals surface area contributed by atoms with Crippen LogP contribution in [0.2, 0.25) is 0 Å². The standard InChI is InChI=1S/C16H22N2O/c19-16(10-11-17-13-8-9-13)18-15-7-3-5-12-4-1-2-6-14(12)15/h1-2,4,6,13,15,17H,3,5,7-11H2,(H,18,19). The lowest BCUT2D eigenvalue weighted by Gasteiger charge is -2.26. The first-order valence-corrected chi connectivity index (χ1v) is 7.43. The predicted molar refractivity (Wildman–Crippen MR) is 75.9 cm³/mol. The van der Waals surface area contributed by atoms with E-state index in [4.69, 9.17) is 0 Å². The van der Waals surface area contributed by atoms with Crippen molar-refractivity contribution < 1.29 is 4.79 Å². The Balaban J connectivity index is 1.53. The van der Waals surface area contributed by atoms with Gasteiger partial charge in [-0.3, -0.25) is 4.79 Å². The minimum Gasteiger partial charge on any atom is -0.349 e. The SMILES string of the molecule is O=C(CCNC1CC1)NC1CCCc2ccccc21. The molecular weight excluding hydrogens is 236 g/mol. The van der Waals surface area contributed by atoms with Gasteiger partial charge in [-0.15, -0.1) is 0 Å². The zero-order valence-electron chi connectivity index (χ0n) is 11.3. The molecule has 3 rings (SSSR count). The molecule has 0 radical (unpaired) electrons. The Bertz CT molecular complexity index is 454. The summed E-state index contributed by atoms with van der Waals surface area (Å²) in [6.45, 7) is 0.810. The van der Waals surface area contributed by atoms with E-state index in [1.54, 1.807) is 0 Å². The molecule has 3 heteroatoms. The van der Waals surface area contributed by atoms with Gasteiger partial charge >= 0.3 is 0 Å². The van der Waals surface area contributed by atoms with Crippen LogP contribution in [0, 0.1) is 0 Å². The quantitative estimate of drug-likeness (QED) is 0.851. The second kappa shape index (κ2) is 5.74. The minimum atomic E-state index is 0.176. The predicted octanol–water partition coefficient (Wildman–Crippen LogP) is 2.32. The van der Waals surface area contributed by atoms with Crippen molar-refractivity contribution in [2.75, 3.05) is 6.54 Å². The lowest BCUT2D eigenvalue weighted by Crippen LogP contribution is -2.33. The first-order valence-electron chi connectivity index (χ1n) is 7.43. The fraction of sp³-hybridized carbons (Fsp3) is 0.562. The minimum absolute atomic E-state index is 0.176. The number of nitrogens with one attached hydrogen (secondary N) is 2. The van der Waals surface area contributed by atoms with Crippen LogP contribution in [0.5, 0.6) is 0 Å². The Hall–Kier alpha value is -1.35. The molecule has 1 amide bonds. The summed E-state index contributed by atoms with van der Waals surface area (Å²) >= 11 is 0. The molecule has 2 aliphatic rings. The molecule has 0 bridgehead atoms. The normalized spacial score (nSPS) is 21.8. The molecule has 1 atom stereocenters. The van der Waals surface area contributed by atoms with Crippen LogP contribution in [-0.4, -0.2) is 18.5 Å². The molecule has 0 spiro atoms. The average molecular weight is 258 g/mol. The number of hydrogen-bond donors (Lipinski definition) is 2. The molecule has 0 aliphatic heterocycles. The first kappa shape index (κ1) is 12.7. The molecule has 1 aromatic carbocycles. The third-order valence-electron chi connectivity index (χ3n) is 4.07. The molecular formula is C16H22N2O. The second-order valence-electron chi connectivity index (χ2n) is 5.69. The molecule has 2 N–H and O–H groups in total. The van der Waals surface area contributed by atoms with E-state index in [0.29, 0.717) is 12.5 Å². The highest BCUT2D eigenvalue weighted by atomic mass is 16.1. The van der Waals surface area contributed by atoms with Crippen LogP contribution >= 0.6 is 0 Å². The molecule has 1 unspecified atom stereocenters. The second-order valence-corrected chi connectivity index (χ2v) is 5.69. The van der Waals surface area contributed by atoms with Crippen LogP contribution in [0.3, 0.4) is 0 Å². The summed E-state index contributed by atoms with van der Waals surface area (Å²) in [6, 6.07) is 9.40. The van der Waals surface area contributed by atoms with Crippen molar-refractivity contribution in [1.29, 1.82) is 0 Å². The van der Waals surface area contributed by atoms with Gasteiger partial charge in [-0.2, -0.15) is 0 Å². The van der Waals surface area contributed by atoms with Crippen LogP contribution in [-0.2, 0) is 11.2 Å². The fourth-order valence-corrected chi connectivity index (χ4v) is 2.85. The van der Waals surface area contributed by atoms with Crippen molar-refractivity contribution in [1.82, 2.24) is 10.6 Å². The molecule has 102 valence electrons. The molecule has 3 nitrogen and oxygen atoms in total. The summed E-state index contributed by atoms with van der Waals surface area (Å²) in [5, 5.41) is 6.57. The van der Waals surface area contributed by atoms with Crippen molar-refractivity contribution in [3.05, 3.63) is 35.4 Å². The van der Waals surface area contributed by atoms with Gasteiger partial charge in [0.2, 0.25) is 5.91 Å². The molecule has 0 saturated heterocycles. The van der Waals surface area contributed by atoms with Crippen molar-refractivity contribution in [2.45, 2.75) is 50.6 Å². The number of carbonyl (C=O) groups excluding carboxylic acids is 1. The molecule has 1 saturated carbocycles. The highest BCUT2D eigenvalue weighted by Gasteiger charge is 2.22. The summed E-state index contributed by atoms with van der Waals surface area (Å²) in [6.07, 6.45) is 6.53. The van der Waals surface area contributed by atoms with E-state index < -0.39 is 0 Å². The van der Waals surface area contributed by atoms with Gasteiger partial charge in [0.05, 0.1) is 6.04 Å². The number of amides is 1. The zero-order valence-corrected chi connectivity index (χ0v) is 11.3. The molecule has 0 heterocycles. The van der Waals surface area contributed by atoms with Gasteiger partial charge in [-0.25, -0.2) is 0 Å². The van der Waals surface area contributed by atoms with Crippen molar-refractivity contribution in [2.24, 2.45) is 0 Å². The monoisotopic (exact) mass is 258 g/mol. The van der Waals surface area contributed by atoms with Crippen molar-refractivity contribution in [3.8, 4) is 0 Å². The highest BCUT2D eigenvalue weighted by molar-refractivity contribution is 5.76. The van der Waals surface area contributed by atoms with E-state index in [0.717, 1.165) is 19.4 Å². The smallest absolute Gasteiger partial charge is 0.221 e. The Morgan fingerprint density at radius 1 is 1.21 bits per heavy atom. The number of fused-ring (bicyclic) bond motifs is 1. The Morgan fingerprint density at radius 2 is 2.05 bits per heavy atom. The van der Waals surface area contributed by atoms with E-state index in [1.165, 1.54) is 30.4 Å². The number of benzene rings is 1. The van der Waals surface area contributed by atoms with Crippen molar-refractivity contribution in [3.63, 3.8) is 0 Å². The van der Waals surface area contributed by atoms with Crippen molar-refractivity contribution >= 4 is 5.91 Å². The maximum atomic E-state index is 12.0. The van der Waals surface area contributed by atoms with Crippen LogP contribution in [0.25, 0.3) is 0 Å². The van der Waals surface area contributed by atoms with E-state index in [1.807, 2.05) is 0 Å². The van der Waals surface area contributed by atoms with Gasteiger partial charge in [0, 0.05) is 19.0 Å². The number of rotatable bonds is 5. The lowest BCUT2D eigenvalue weighted by atomic mass is 9.88. The van der Waals surface area contributed by atoms with Gasteiger partial charge < -0.3 is 10.6 Å². The summed E-state index contributed by atoms with van der Waals surface area (Å²) in [4.78, 5) is 12.0. The van der Waals surface area contributed by atoms with Crippen LogP contribution < -0.4 is 10.6 Å². The Morgan fingerprint density at radius 3 is 2.89 bits per heavy atom. The lowest BCUT2D eigenvalue weighted by molar-refractivity contribution is -0.121. The zero-order chi connectivity index (χ0) is 13.1. The van der Waals surface area contributed by atoms with Gasteiger partial charge in [-0.1, -0.05) is 24.3 Å². The number of hydrogen-bond acceptors (Lipinski definition) is 2. The van der Waals surface area contributed by atoms with Crippen LogP contribution in [0.1, 0.15) is 49.3 Å². The molecule has 19 heavy (non-hydrogen) atoms. The highest BCUT2D eigenvalue weighted by Crippen LogP contribution is 2.29. The average Bonchev–Trinajstić information content (AvgIpc) is 3.23. The topological polar surface area (TPSA) is 41.1 Å². The summed E-state index contributed by atoms with van der Waals surface area (Å²) in [5.74, 6) is 0.176. The van der Waals surface area contributed by atoms with E-state index >= 15 is 0 Å². The molecule has 2 aliphatic carbocycles. The van der Waals surface area contributed by atoms with Gasteiger partial charge in [-0.05, 0) is 43.2 Å². The molecule has 1 fully saturated rings. The Kier molecular flexibility index (Phi) is 3.83. The largest absolute Gasteiger partial charge is 0.349 e. The summed E-state index contributed by atoms with van der Waals surface area (Å²) in [5.41, 5.74) is 2.72. The van der Waals surface area contributed by atoms with Gasteiger partial charge in [0.15, 0.2) is 0 Å². The maximum Gasteiger partial charge on any atom is 0.221 e. The maximum absolute atomic E-state index is 12.0. The van der Waals surface area contributed by atoms with Gasteiger partial charge in [0.1, 0.15) is 0 Å². The first-order chi connectivity index (χ1) is 9.33. The van der Waals surface area contributed by atoms with Crippen LogP contribution in [0.15, 0.2) is 24.3 Å². The summed E-state index contributed by atoms with van der Waals surface area (Å²) < 4.78 is 0. The Labute approximate surface area is 114 Å². The molecule has 0 aromatic heterocycles. The van der Waals surface area contributed by atoms with E-state index in [2.05, 4.69) is 34.9 Å². The van der Waals surface area contributed by atoms with Gasteiger partial charge in [0.25, 0.3) is 0 Å². The third kappa shape index (κ3) is 3.35.